The number of hydrogen-bond acceptors (Lipinski definition) is 2. The van der Waals surface area contributed by atoms with E-state index >= 15 is 0 Å². The summed E-state index contributed by atoms with van der Waals surface area (Å²) >= 11 is 0. The van der Waals surface area contributed by atoms with Gasteiger partial charge in [0.15, 0.2) is 0 Å². The van der Waals surface area contributed by atoms with Crippen molar-refractivity contribution in [2.24, 2.45) is 0 Å². The van der Waals surface area contributed by atoms with Crippen LogP contribution in [0.5, 0.6) is 0 Å². The predicted octanol–water partition coefficient (Wildman–Crippen LogP) is 3.44. The summed E-state index contributed by atoms with van der Waals surface area (Å²) in [6.45, 7) is 10.5. The van der Waals surface area contributed by atoms with Gasteiger partial charge in [-0.2, -0.15) is 0 Å². The predicted molar refractivity (Wildman–Crippen MR) is 98.9 cm³/mol. The molecule has 1 N–H and O–H groups in total. The molecule has 0 fully saturated rings. The van der Waals surface area contributed by atoms with Crippen molar-refractivity contribution in [3.05, 3.63) is 79.1 Å². The number of aromatic amines is 1. The van der Waals surface area contributed by atoms with E-state index in [0.29, 0.717) is 18.5 Å². The van der Waals surface area contributed by atoms with E-state index < -0.39 is 0 Å². The Bertz CT molecular complexity index is 850. The van der Waals surface area contributed by atoms with E-state index in [1.54, 1.807) is 4.57 Å². The van der Waals surface area contributed by atoms with Gasteiger partial charge in [0.1, 0.15) is 0 Å². The van der Waals surface area contributed by atoms with Crippen LogP contribution in [-0.2, 0) is 13.0 Å². The molecule has 0 saturated carbocycles. The van der Waals surface area contributed by atoms with E-state index in [4.69, 9.17) is 0 Å². The normalized spacial score (nSPS) is 11.6. The molecule has 128 valence electrons. The summed E-state index contributed by atoms with van der Waals surface area (Å²) in [6.07, 6.45) is 4.41. The lowest BCUT2D eigenvalue weighted by Crippen LogP contribution is -2.36. The topological polar surface area (TPSA) is 54.9 Å². The van der Waals surface area contributed by atoms with Crippen molar-refractivity contribution in [2.75, 3.05) is 0 Å². The molecule has 0 saturated heterocycles. The molecule has 0 radical (unpaired) electrons. The minimum absolute atomic E-state index is 0.0483. The zero-order chi connectivity index (χ0) is 17.9. The Labute approximate surface area is 142 Å². The lowest BCUT2D eigenvalue weighted by atomic mass is 9.96. The quantitative estimate of drug-likeness (QED) is 0.856. The first-order chi connectivity index (χ1) is 11.3. The highest BCUT2D eigenvalue weighted by molar-refractivity contribution is 5.34. The number of benzene rings is 1. The van der Waals surface area contributed by atoms with Crippen LogP contribution in [0.4, 0.5) is 0 Å². The summed E-state index contributed by atoms with van der Waals surface area (Å²) in [4.78, 5) is 27.2. The molecule has 0 aliphatic carbocycles. The number of nitrogens with one attached hydrogen (secondary N) is 1. The maximum Gasteiger partial charge on any atom is 0.328 e. The first-order valence-corrected chi connectivity index (χ1v) is 8.37. The van der Waals surface area contributed by atoms with Crippen molar-refractivity contribution in [1.29, 1.82) is 0 Å². The molecule has 1 heterocycles. The molecule has 0 bridgehead atoms. The molecule has 4 nitrogen and oxygen atoms in total. The van der Waals surface area contributed by atoms with Crippen molar-refractivity contribution >= 4 is 0 Å². The molecule has 0 amide bonds. The summed E-state index contributed by atoms with van der Waals surface area (Å²) in [6, 6.07) is 6.35. The van der Waals surface area contributed by atoms with Crippen molar-refractivity contribution < 1.29 is 0 Å². The van der Waals surface area contributed by atoms with Gasteiger partial charge in [-0.1, -0.05) is 55.3 Å². The summed E-state index contributed by atoms with van der Waals surface area (Å²) < 4.78 is 1.67. The van der Waals surface area contributed by atoms with E-state index in [9.17, 15) is 9.59 Å². The maximum atomic E-state index is 12.4. The molecule has 0 aliphatic heterocycles. The molecule has 4 heteroatoms. The van der Waals surface area contributed by atoms with Gasteiger partial charge in [0.05, 0.1) is 0 Å². The van der Waals surface area contributed by atoms with Gasteiger partial charge in [-0.15, -0.1) is 0 Å². The number of rotatable bonds is 5. The molecule has 24 heavy (non-hydrogen) atoms. The fourth-order valence-electron chi connectivity index (χ4n) is 3.19. The number of aromatic nitrogens is 2. The van der Waals surface area contributed by atoms with Gasteiger partial charge in [-0.3, -0.25) is 14.3 Å². The number of hydrogen-bond donors (Lipinski definition) is 1. The zero-order valence-corrected chi connectivity index (χ0v) is 15.1. The van der Waals surface area contributed by atoms with Gasteiger partial charge < -0.3 is 0 Å². The Hall–Kier alpha value is -2.36. The lowest BCUT2D eigenvalue weighted by Gasteiger charge is -2.18. The Morgan fingerprint density at radius 1 is 1.12 bits per heavy atom. The van der Waals surface area contributed by atoms with Crippen LogP contribution in [0, 0.1) is 13.8 Å². The van der Waals surface area contributed by atoms with Crippen LogP contribution in [0.1, 0.15) is 54.6 Å². The van der Waals surface area contributed by atoms with Crippen LogP contribution in [0.15, 0.2) is 39.9 Å². The summed E-state index contributed by atoms with van der Waals surface area (Å²) in [5, 5.41) is 0. The molecule has 2 rings (SSSR count). The van der Waals surface area contributed by atoms with Gasteiger partial charge in [0, 0.05) is 24.2 Å². The molecule has 0 aliphatic rings. The molecule has 1 aromatic heterocycles. The minimum Gasteiger partial charge on any atom is -0.293 e. The Balaban J connectivity index is 2.68. The van der Waals surface area contributed by atoms with Crippen LogP contribution in [-0.4, -0.2) is 9.55 Å². The average Bonchev–Trinajstić information content (AvgIpc) is 2.45. The first-order valence-electron chi connectivity index (χ1n) is 8.37. The fourth-order valence-corrected chi connectivity index (χ4v) is 3.19. The number of H-pyrrole nitrogens is 1. The van der Waals surface area contributed by atoms with Crippen LogP contribution >= 0.6 is 0 Å². The number of nitrogens with zero attached hydrogens (tertiary/aromatic N) is 1. The highest BCUT2D eigenvalue weighted by Gasteiger charge is 2.17. The van der Waals surface area contributed by atoms with E-state index in [0.717, 1.165) is 11.3 Å². The third-order valence-electron chi connectivity index (χ3n) is 4.10. The van der Waals surface area contributed by atoms with Gasteiger partial charge in [-0.05, 0) is 32.3 Å². The monoisotopic (exact) mass is 326 g/mol. The second-order valence-electron chi connectivity index (χ2n) is 6.63. The van der Waals surface area contributed by atoms with E-state index in [-0.39, 0.29) is 17.2 Å². The Morgan fingerprint density at radius 3 is 2.29 bits per heavy atom. The van der Waals surface area contributed by atoms with Crippen LogP contribution in [0.25, 0.3) is 0 Å². The largest absolute Gasteiger partial charge is 0.328 e. The van der Waals surface area contributed by atoms with Gasteiger partial charge in [-0.25, -0.2) is 4.79 Å². The van der Waals surface area contributed by atoms with E-state index in [2.05, 4.69) is 37.0 Å². The summed E-state index contributed by atoms with van der Waals surface area (Å²) in [5.74, 6) is 0.0483. The maximum absolute atomic E-state index is 12.4. The third kappa shape index (κ3) is 3.94. The van der Waals surface area contributed by atoms with Crippen molar-refractivity contribution in [2.45, 2.75) is 53.5 Å². The van der Waals surface area contributed by atoms with Crippen LogP contribution in [0.2, 0.25) is 0 Å². The van der Waals surface area contributed by atoms with Gasteiger partial charge in [0.2, 0.25) is 0 Å². The molecule has 1 aromatic carbocycles. The standard InChI is InChI=1S/C20H26N2O2/c1-6-7-8-22-17(12-16-10-14(4)9-15(5)11-16)18(13(2)3)19(23)21-20(22)24/h6-7,9-11,13H,8,12H2,1-5H3,(H,21,23,24)/b7-6+. The third-order valence-corrected chi connectivity index (χ3v) is 4.10. The molecular formula is C20H26N2O2. The fraction of sp³-hybridized carbons (Fsp3) is 0.400. The van der Waals surface area contributed by atoms with E-state index in [1.165, 1.54) is 11.1 Å². The van der Waals surface area contributed by atoms with Crippen LogP contribution in [0.3, 0.4) is 0 Å². The zero-order valence-electron chi connectivity index (χ0n) is 15.1. The minimum atomic E-state index is -0.345. The molecule has 0 unspecified atom stereocenters. The summed E-state index contributed by atoms with van der Waals surface area (Å²) in [5.41, 5.74) is 4.37. The van der Waals surface area contributed by atoms with Gasteiger partial charge in [0.25, 0.3) is 5.56 Å². The van der Waals surface area contributed by atoms with Crippen molar-refractivity contribution in [1.82, 2.24) is 9.55 Å². The second-order valence-corrected chi connectivity index (χ2v) is 6.63. The van der Waals surface area contributed by atoms with Crippen LogP contribution < -0.4 is 11.2 Å². The highest BCUT2D eigenvalue weighted by Crippen LogP contribution is 2.19. The second kappa shape index (κ2) is 7.47. The molecule has 0 spiro atoms. The molecule has 2 aromatic rings. The van der Waals surface area contributed by atoms with Gasteiger partial charge >= 0.3 is 5.69 Å². The summed E-state index contributed by atoms with van der Waals surface area (Å²) in [7, 11) is 0. The Kier molecular flexibility index (Phi) is 5.60. The number of aryl methyl sites for hydroxylation is 2. The number of allylic oxidation sites excluding steroid dienone is 2. The van der Waals surface area contributed by atoms with Crippen molar-refractivity contribution in [3.63, 3.8) is 0 Å². The first kappa shape index (κ1) is 18.0. The van der Waals surface area contributed by atoms with Crippen molar-refractivity contribution in [3.8, 4) is 0 Å². The molecule has 0 atom stereocenters. The lowest BCUT2D eigenvalue weighted by molar-refractivity contribution is 0.657. The van der Waals surface area contributed by atoms with E-state index in [1.807, 2.05) is 32.9 Å². The molecular weight excluding hydrogens is 300 g/mol. The smallest absolute Gasteiger partial charge is 0.293 e. The SMILES string of the molecule is C/C=C/Cn1c(Cc2cc(C)cc(C)c2)c(C(C)C)c(=O)[nH]c1=O. The highest BCUT2D eigenvalue weighted by atomic mass is 16.2. The average molecular weight is 326 g/mol. The Morgan fingerprint density at radius 2 is 1.75 bits per heavy atom.